The molecule has 4 atom stereocenters. The lowest BCUT2D eigenvalue weighted by Gasteiger charge is -2.61. The van der Waals surface area contributed by atoms with Gasteiger partial charge in [0.1, 0.15) is 5.60 Å². The number of aliphatic hydroxyl groups excluding tert-OH is 1. The van der Waals surface area contributed by atoms with E-state index in [2.05, 4.69) is 4.90 Å². The molecule has 0 amide bonds. The van der Waals surface area contributed by atoms with Crippen LogP contribution in [0.15, 0.2) is 0 Å². The van der Waals surface area contributed by atoms with Crippen molar-refractivity contribution < 1.29 is 19.7 Å². The number of aliphatic hydroxyl groups is 2. The lowest BCUT2D eigenvalue weighted by atomic mass is 9.56. The number of ether oxygens (including phenoxy) is 1. The molecule has 3 fully saturated rings. The van der Waals surface area contributed by atoms with E-state index in [0.29, 0.717) is 25.9 Å². The van der Waals surface area contributed by atoms with Crippen molar-refractivity contribution in [3.8, 4) is 0 Å². The van der Waals surface area contributed by atoms with E-state index in [4.69, 9.17) is 4.74 Å². The Kier molecular flexibility index (Phi) is 3.55. The molecular weight excluding hydrogens is 258 g/mol. The van der Waals surface area contributed by atoms with E-state index in [0.717, 1.165) is 32.4 Å². The summed E-state index contributed by atoms with van der Waals surface area (Å²) in [4.78, 5) is 14.8. The minimum absolute atomic E-state index is 0.179. The van der Waals surface area contributed by atoms with Gasteiger partial charge in [-0.15, -0.1) is 0 Å². The molecule has 3 aliphatic rings. The van der Waals surface area contributed by atoms with Crippen molar-refractivity contribution in [1.82, 2.24) is 4.90 Å². The lowest BCUT2D eigenvalue weighted by Crippen LogP contribution is -2.74. The third-order valence-electron chi connectivity index (χ3n) is 5.58. The molecule has 2 aliphatic heterocycles. The molecule has 2 heterocycles. The first-order chi connectivity index (χ1) is 9.54. The molecule has 114 valence electrons. The number of piperidine rings is 2. The highest BCUT2D eigenvalue weighted by atomic mass is 16.5. The molecule has 1 saturated carbocycles. The number of hydrogen-bond acceptors (Lipinski definition) is 5. The van der Waals surface area contributed by atoms with E-state index < -0.39 is 17.1 Å². The van der Waals surface area contributed by atoms with Crippen molar-refractivity contribution >= 4 is 5.97 Å². The van der Waals surface area contributed by atoms with Gasteiger partial charge in [0.15, 0.2) is 0 Å². The largest absolute Gasteiger partial charge is 0.466 e. The van der Waals surface area contributed by atoms with Crippen LogP contribution in [-0.4, -0.2) is 58.5 Å². The van der Waals surface area contributed by atoms with E-state index in [-0.39, 0.29) is 12.0 Å². The third-order valence-corrected chi connectivity index (χ3v) is 5.58. The first-order valence-corrected chi connectivity index (χ1v) is 7.86. The molecule has 5 heteroatoms. The average molecular weight is 283 g/mol. The maximum Gasteiger partial charge on any atom is 0.313 e. The summed E-state index contributed by atoms with van der Waals surface area (Å²) < 4.78 is 5.33. The monoisotopic (exact) mass is 283 g/mol. The summed E-state index contributed by atoms with van der Waals surface area (Å²) >= 11 is 0. The van der Waals surface area contributed by atoms with Crippen LogP contribution in [0.25, 0.3) is 0 Å². The van der Waals surface area contributed by atoms with Gasteiger partial charge in [-0.1, -0.05) is 0 Å². The Morgan fingerprint density at radius 1 is 1.30 bits per heavy atom. The van der Waals surface area contributed by atoms with Crippen LogP contribution in [0.4, 0.5) is 0 Å². The predicted molar refractivity (Wildman–Crippen MR) is 73.1 cm³/mol. The smallest absolute Gasteiger partial charge is 0.313 e. The Labute approximate surface area is 119 Å². The molecular formula is C15H25NO4. The van der Waals surface area contributed by atoms with Crippen LogP contribution in [0.1, 0.15) is 45.4 Å². The number of rotatable bonds is 2. The van der Waals surface area contributed by atoms with Crippen LogP contribution in [-0.2, 0) is 9.53 Å². The maximum atomic E-state index is 12.6. The van der Waals surface area contributed by atoms with E-state index in [9.17, 15) is 15.0 Å². The lowest BCUT2D eigenvalue weighted by molar-refractivity contribution is -0.231. The fourth-order valence-electron chi connectivity index (χ4n) is 4.80. The molecule has 0 aromatic carbocycles. The van der Waals surface area contributed by atoms with Crippen LogP contribution in [0.3, 0.4) is 0 Å². The summed E-state index contributed by atoms with van der Waals surface area (Å²) in [6.07, 6.45) is 3.56. The minimum atomic E-state index is -1.15. The zero-order valence-electron chi connectivity index (χ0n) is 12.2. The highest BCUT2D eigenvalue weighted by Crippen LogP contribution is 2.53. The van der Waals surface area contributed by atoms with Crippen LogP contribution in [0.5, 0.6) is 0 Å². The van der Waals surface area contributed by atoms with Gasteiger partial charge >= 0.3 is 5.97 Å². The predicted octanol–water partition coefficient (Wildman–Crippen LogP) is 0.680. The SMILES string of the molecule is CCOC(=O)[C@]12CCCN3CCC[C@](O)([C@@H](O)CC1)[C@@H]32. The summed E-state index contributed by atoms with van der Waals surface area (Å²) in [5.74, 6) is -0.179. The minimum Gasteiger partial charge on any atom is -0.466 e. The summed E-state index contributed by atoms with van der Waals surface area (Å²) in [6.45, 7) is 4.00. The Morgan fingerprint density at radius 2 is 2.00 bits per heavy atom. The van der Waals surface area contributed by atoms with E-state index in [1.807, 2.05) is 6.92 Å². The van der Waals surface area contributed by atoms with Gasteiger partial charge in [0.25, 0.3) is 0 Å². The Balaban J connectivity index is 2.01. The molecule has 0 aromatic rings. The van der Waals surface area contributed by atoms with Crippen LogP contribution in [0.2, 0.25) is 0 Å². The van der Waals surface area contributed by atoms with Crippen molar-refractivity contribution in [2.24, 2.45) is 5.41 Å². The second kappa shape index (κ2) is 4.97. The molecule has 0 radical (unpaired) electrons. The second-order valence-corrected chi connectivity index (χ2v) is 6.57. The number of carbonyl (C=O) groups excluding carboxylic acids is 1. The number of nitrogens with zero attached hydrogens (tertiary/aromatic N) is 1. The Hall–Kier alpha value is -0.650. The highest BCUT2D eigenvalue weighted by Gasteiger charge is 2.64. The average Bonchev–Trinajstić information content (AvgIpc) is 2.44. The van der Waals surface area contributed by atoms with Crippen molar-refractivity contribution in [3.63, 3.8) is 0 Å². The van der Waals surface area contributed by atoms with Gasteiger partial charge in [-0.05, 0) is 58.5 Å². The van der Waals surface area contributed by atoms with Crippen molar-refractivity contribution in [3.05, 3.63) is 0 Å². The molecule has 20 heavy (non-hydrogen) atoms. The van der Waals surface area contributed by atoms with Gasteiger partial charge in [-0.25, -0.2) is 0 Å². The zero-order valence-corrected chi connectivity index (χ0v) is 12.2. The molecule has 0 aromatic heterocycles. The highest BCUT2D eigenvalue weighted by molar-refractivity contribution is 5.78. The Morgan fingerprint density at radius 3 is 2.70 bits per heavy atom. The summed E-state index contributed by atoms with van der Waals surface area (Å²) in [5, 5.41) is 21.4. The normalized spacial score (nSPS) is 44.8. The zero-order chi connectivity index (χ0) is 14.4. The summed E-state index contributed by atoms with van der Waals surface area (Å²) in [6, 6.07) is -0.278. The third kappa shape index (κ3) is 1.83. The van der Waals surface area contributed by atoms with Crippen molar-refractivity contribution in [2.45, 2.75) is 63.2 Å². The van der Waals surface area contributed by atoms with Crippen molar-refractivity contribution in [1.29, 1.82) is 0 Å². The number of carbonyl (C=O) groups is 1. The van der Waals surface area contributed by atoms with Gasteiger partial charge in [0, 0.05) is 0 Å². The first kappa shape index (κ1) is 14.3. The summed E-state index contributed by atoms with van der Waals surface area (Å²) in [7, 11) is 0. The van der Waals surface area contributed by atoms with Gasteiger partial charge < -0.3 is 14.9 Å². The molecule has 0 spiro atoms. The van der Waals surface area contributed by atoms with E-state index in [1.165, 1.54) is 0 Å². The van der Waals surface area contributed by atoms with Crippen LogP contribution in [0, 0.1) is 5.41 Å². The number of hydrogen-bond donors (Lipinski definition) is 2. The van der Waals surface area contributed by atoms with Gasteiger partial charge in [0.2, 0.25) is 0 Å². The standard InChI is InChI=1S/C15H25NO4/c1-2-20-13(18)14-6-3-9-16-10-4-7-15(19,12(14)16)11(17)5-8-14/h11-12,17,19H,2-10H2,1H3/t11-,12-,14+,15-/m0/s1. The molecule has 5 nitrogen and oxygen atoms in total. The molecule has 3 rings (SSSR count). The quantitative estimate of drug-likeness (QED) is 0.729. The summed E-state index contributed by atoms with van der Waals surface area (Å²) in [5.41, 5.74) is -1.77. The maximum absolute atomic E-state index is 12.6. The van der Waals surface area contributed by atoms with Gasteiger partial charge in [-0.3, -0.25) is 9.69 Å². The van der Waals surface area contributed by atoms with Crippen molar-refractivity contribution in [2.75, 3.05) is 19.7 Å². The molecule has 2 N–H and O–H groups in total. The van der Waals surface area contributed by atoms with Gasteiger partial charge in [-0.2, -0.15) is 0 Å². The fraction of sp³-hybridized carbons (Fsp3) is 0.933. The second-order valence-electron chi connectivity index (χ2n) is 6.57. The molecule has 0 bridgehead atoms. The molecule has 2 saturated heterocycles. The number of esters is 1. The van der Waals surface area contributed by atoms with Crippen LogP contribution < -0.4 is 0 Å². The Bertz CT molecular complexity index is 399. The fourth-order valence-corrected chi connectivity index (χ4v) is 4.80. The molecule has 1 aliphatic carbocycles. The van der Waals surface area contributed by atoms with E-state index >= 15 is 0 Å². The first-order valence-electron chi connectivity index (χ1n) is 7.86. The molecule has 0 unspecified atom stereocenters. The van der Waals surface area contributed by atoms with Gasteiger partial charge in [0.05, 0.1) is 24.2 Å². The van der Waals surface area contributed by atoms with E-state index in [1.54, 1.807) is 0 Å². The topological polar surface area (TPSA) is 70.0 Å². The van der Waals surface area contributed by atoms with Crippen LogP contribution >= 0.6 is 0 Å².